The van der Waals surface area contributed by atoms with Crippen molar-refractivity contribution in [2.24, 2.45) is 0 Å². The molecule has 1 atom stereocenters. The third kappa shape index (κ3) is 3.20. The van der Waals surface area contributed by atoms with E-state index in [1.165, 1.54) is 22.3 Å². The Morgan fingerprint density at radius 2 is 1.54 bits per heavy atom. The number of nitrogens with one attached hydrogen (secondary N) is 1. The van der Waals surface area contributed by atoms with E-state index in [-0.39, 0.29) is 11.5 Å². The van der Waals surface area contributed by atoms with Gasteiger partial charge in [-0.2, -0.15) is 0 Å². The van der Waals surface area contributed by atoms with Gasteiger partial charge in [-0.15, -0.1) is 0 Å². The first-order chi connectivity index (χ1) is 13.4. The molecule has 2 N–H and O–H groups in total. The van der Waals surface area contributed by atoms with Crippen LogP contribution >= 0.6 is 0 Å². The number of benzene rings is 3. The van der Waals surface area contributed by atoms with Crippen LogP contribution in [-0.2, 0) is 0 Å². The first-order valence-electron chi connectivity index (χ1n) is 9.85. The number of aliphatic hydroxyl groups excluding tert-OH is 1. The maximum Gasteiger partial charge on any atom is 0.123 e. The van der Waals surface area contributed by atoms with E-state index < -0.39 is 0 Å². The monoisotopic (exact) mass is 369 g/mol. The summed E-state index contributed by atoms with van der Waals surface area (Å²) in [4.78, 5) is 0. The van der Waals surface area contributed by atoms with Gasteiger partial charge < -0.3 is 10.4 Å². The van der Waals surface area contributed by atoms with Gasteiger partial charge in [0, 0.05) is 17.2 Å². The molecule has 0 aliphatic carbocycles. The Morgan fingerprint density at radius 3 is 2.29 bits per heavy atom. The quantitative estimate of drug-likeness (QED) is 0.525. The fourth-order valence-electron chi connectivity index (χ4n) is 4.28. The fourth-order valence-corrected chi connectivity index (χ4v) is 4.28. The van der Waals surface area contributed by atoms with Crippen molar-refractivity contribution in [3.63, 3.8) is 0 Å². The van der Waals surface area contributed by atoms with Crippen LogP contribution in [0.3, 0.4) is 0 Å². The Labute approximate surface area is 167 Å². The summed E-state index contributed by atoms with van der Waals surface area (Å²) in [5.74, 6) is 0.640. The van der Waals surface area contributed by atoms with E-state index in [1.54, 1.807) is 0 Å². The zero-order chi connectivity index (χ0) is 19.9. The van der Waals surface area contributed by atoms with Crippen molar-refractivity contribution in [2.45, 2.75) is 39.2 Å². The van der Waals surface area contributed by atoms with Gasteiger partial charge in [0.1, 0.15) is 5.76 Å². The third-order valence-electron chi connectivity index (χ3n) is 5.69. The van der Waals surface area contributed by atoms with Crippen LogP contribution in [0.4, 0.5) is 5.69 Å². The van der Waals surface area contributed by atoms with Gasteiger partial charge in [0.25, 0.3) is 0 Å². The highest BCUT2D eigenvalue weighted by molar-refractivity contribution is 5.86. The SMILES string of the molecule is Cc1c(-c2ccccc2C(C)c2ccccc2)ccc2c1C(O)=CC(C)(C)N2. The summed E-state index contributed by atoms with van der Waals surface area (Å²) in [5, 5.41) is 14.2. The van der Waals surface area contributed by atoms with E-state index in [0.717, 1.165) is 16.8 Å². The maximum atomic E-state index is 10.7. The summed E-state index contributed by atoms with van der Waals surface area (Å²) in [7, 11) is 0. The fraction of sp³-hybridized carbons (Fsp3) is 0.231. The van der Waals surface area contributed by atoms with E-state index in [2.05, 4.69) is 99.7 Å². The summed E-state index contributed by atoms with van der Waals surface area (Å²) in [6, 6.07) is 23.5. The van der Waals surface area contributed by atoms with E-state index in [1.807, 2.05) is 6.08 Å². The first kappa shape index (κ1) is 18.4. The topological polar surface area (TPSA) is 32.3 Å². The molecule has 2 nitrogen and oxygen atoms in total. The number of fused-ring (bicyclic) bond motifs is 1. The molecule has 0 amide bonds. The second-order valence-electron chi connectivity index (χ2n) is 8.26. The smallest absolute Gasteiger partial charge is 0.123 e. The normalized spacial score (nSPS) is 15.9. The lowest BCUT2D eigenvalue weighted by Crippen LogP contribution is -2.32. The van der Waals surface area contributed by atoms with Crippen LogP contribution in [0.5, 0.6) is 0 Å². The Hall–Kier alpha value is -3.00. The molecule has 0 bridgehead atoms. The predicted molar refractivity (Wildman–Crippen MR) is 119 cm³/mol. The number of hydrogen-bond acceptors (Lipinski definition) is 2. The summed E-state index contributed by atoms with van der Waals surface area (Å²) in [6.07, 6.45) is 1.89. The lowest BCUT2D eigenvalue weighted by atomic mass is 9.83. The highest BCUT2D eigenvalue weighted by Crippen LogP contribution is 2.41. The minimum atomic E-state index is -0.259. The molecule has 3 aromatic carbocycles. The zero-order valence-electron chi connectivity index (χ0n) is 17.0. The van der Waals surface area contributed by atoms with Crippen LogP contribution in [-0.4, -0.2) is 10.6 Å². The molecule has 1 aliphatic rings. The second kappa shape index (κ2) is 6.87. The van der Waals surface area contributed by atoms with Gasteiger partial charge >= 0.3 is 0 Å². The van der Waals surface area contributed by atoms with Crippen LogP contribution in [0.25, 0.3) is 16.9 Å². The zero-order valence-corrected chi connectivity index (χ0v) is 17.0. The van der Waals surface area contributed by atoms with Crippen LogP contribution < -0.4 is 5.32 Å². The van der Waals surface area contributed by atoms with Crippen molar-refractivity contribution in [1.29, 1.82) is 0 Å². The summed E-state index contributed by atoms with van der Waals surface area (Å²) in [6.45, 7) is 8.48. The minimum absolute atomic E-state index is 0.259. The average molecular weight is 370 g/mol. The molecule has 0 spiro atoms. The molecule has 142 valence electrons. The molecule has 28 heavy (non-hydrogen) atoms. The number of anilines is 1. The second-order valence-corrected chi connectivity index (χ2v) is 8.26. The van der Waals surface area contributed by atoms with E-state index >= 15 is 0 Å². The van der Waals surface area contributed by atoms with Gasteiger partial charge in [0.05, 0.1) is 5.54 Å². The molecule has 2 heteroatoms. The molecule has 0 radical (unpaired) electrons. The first-order valence-corrected chi connectivity index (χ1v) is 9.85. The van der Waals surface area contributed by atoms with Gasteiger partial charge in [0.2, 0.25) is 0 Å². The summed E-state index contributed by atoms with van der Waals surface area (Å²) in [5.41, 5.74) is 7.71. The Balaban J connectivity index is 1.85. The standard InChI is InChI=1S/C26H27NO/c1-17(19-10-6-5-7-11-19)20-12-8-9-13-22(20)21-14-15-23-25(18(21)2)24(28)16-26(3,4)27-23/h5-17,27-28H,1-4H3. The van der Waals surface area contributed by atoms with Crippen LogP contribution in [0.15, 0.2) is 72.8 Å². The van der Waals surface area contributed by atoms with Gasteiger partial charge in [-0.05, 0) is 60.7 Å². The van der Waals surface area contributed by atoms with Gasteiger partial charge in [-0.1, -0.05) is 67.6 Å². The third-order valence-corrected chi connectivity index (χ3v) is 5.69. The maximum absolute atomic E-state index is 10.7. The molecule has 0 saturated heterocycles. The van der Waals surface area contributed by atoms with Crippen LogP contribution in [0.2, 0.25) is 0 Å². The van der Waals surface area contributed by atoms with Crippen molar-refractivity contribution in [3.8, 4) is 11.1 Å². The molecule has 0 fully saturated rings. The highest BCUT2D eigenvalue weighted by atomic mass is 16.3. The number of rotatable bonds is 3. The largest absolute Gasteiger partial charge is 0.507 e. The van der Waals surface area contributed by atoms with E-state index in [0.29, 0.717) is 5.76 Å². The lowest BCUT2D eigenvalue weighted by molar-refractivity contribution is 0.498. The molecule has 0 saturated carbocycles. The Kier molecular flexibility index (Phi) is 4.50. The molecule has 1 aliphatic heterocycles. The molecule has 1 unspecified atom stereocenters. The predicted octanol–water partition coefficient (Wildman–Crippen LogP) is 6.92. The molecular formula is C26H27NO. The van der Waals surface area contributed by atoms with E-state index in [4.69, 9.17) is 0 Å². The van der Waals surface area contributed by atoms with Crippen molar-refractivity contribution in [1.82, 2.24) is 0 Å². The number of aliphatic hydroxyl groups is 1. The molecular weight excluding hydrogens is 342 g/mol. The highest BCUT2D eigenvalue weighted by Gasteiger charge is 2.27. The van der Waals surface area contributed by atoms with Crippen LogP contribution in [0.1, 0.15) is 48.9 Å². The molecule has 3 aromatic rings. The summed E-state index contributed by atoms with van der Waals surface area (Å²) >= 11 is 0. The molecule has 0 aromatic heterocycles. The Morgan fingerprint density at radius 1 is 0.857 bits per heavy atom. The van der Waals surface area contributed by atoms with Gasteiger partial charge in [-0.3, -0.25) is 0 Å². The minimum Gasteiger partial charge on any atom is -0.507 e. The van der Waals surface area contributed by atoms with Crippen LogP contribution in [0, 0.1) is 6.92 Å². The average Bonchev–Trinajstić information content (AvgIpc) is 2.67. The van der Waals surface area contributed by atoms with Gasteiger partial charge in [-0.25, -0.2) is 0 Å². The lowest BCUT2D eigenvalue weighted by Gasteiger charge is -2.32. The van der Waals surface area contributed by atoms with E-state index in [9.17, 15) is 5.11 Å². The summed E-state index contributed by atoms with van der Waals surface area (Å²) < 4.78 is 0. The van der Waals surface area contributed by atoms with Gasteiger partial charge in [0.15, 0.2) is 0 Å². The van der Waals surface area contributed by atoms with Crippen molar-refractivity contribution in [3.05, 3.63) is 95.1 Å². The molecule has 4 rings (SSSR count). The van der Waals surface area contributed by atoms with Crippen molar-refractivity contribution < 1.29 is 5.11 Å². The van der Waals surface area contributed by atoms with Crippen molar-refractivity contribution in [2.75, 3.05) is 5.32 Å². The number of hydrogen-bond donors (Lipinski definition) is 2. The van der Waals surface area contributed by atoms with Crippen molar-refractivity contribution >= 4 is 11.4 Å². The molecule has 1 heterocycles. The Bertz CT molecular complexity index is 1050.